The van der Waals surface area contributed by atoms with Crippen LogP contribution in [0.4, 0.5) is 4.39 Å². The zero-order valence-corrected chi connectivity index (χ0v) is 8.48. The molecule has 0 radical (unpaired) electrons. The molecule has 0 amide bonds. The third-order valence-corrected chi connectivity index (χ3v) is 2.71. The first kappa shape index (κ1) is 9.97. The minimum atomic E-state index is -1.14. The maximum atomic E-state index is 13.9. The van der Waals surface area contributed by atoms with Crippen LogP contribution in [0, 0.1) is 11.3 Å². The van der Waals surface area contributed by atoms with Crippen molar-refractivity contribution in [2.45, 2.75) is 39.8 Å². The molecule has 72 valence electrons. The molecule has 0 aliphatic carbocycles. The van der Waals surface area contributed by atoms with Crippen molar-refractivity contribution >= 4 is 0 Å². The second-order valence-electron chi connectivity index (χ2n) is 5.04. The lowest BCUT2D eigenvalue weighted by atomic mass is 9.70. The van der Waals surface area contributed by atoms with Gasteiger partial charge in [-0.05, 0) is 18.8 Å². The van der Waals surface area contributed by atoms with E-state index >= 15 is 0 Å². The highest BCUT2D eigenvalue weighted by Crippen LogP contribution is 2.41. The number of hydrogen-bond donors (Lipinski definition) is 0. The number of halogens is 1. The number of ether oxygens (including phenoxy) is 1. The van der Waals surface area contributed by atoms with Crippen molar-refractivity contribution < 1.29 is 9.13 Å². The topological polar surface area (TPSA) is 9.23 Å². The van der Waals surface area contributed by atoms with E-state index in [1.165, 1.54) is 0 Å². The highest BCUT2D eigenvalue weighted by molar-refractivity contribution is 4.92. The zero-order valence-electron chi connectivity index (χ0n) is 8.48. The largest absolute Gasteiger partial charge is 0.378 e. The Labute approximate surface area is 74.3 Å². The summed E-state index contributed by atoms with van der Waals surface area (Å²) in [6, 6.07) is 0. The van der Waals surface area contributed by atoms with E-state index in [1.54, 1.807) is 6.92 Å². The number of rotatable bonds is 0. The SMILES string of the molecule is CC(C)(C)C1CCOCC1(C)F. The van der Waals surface area contributed by atoms with E-state index in [2.05, 4.69) is 20.8 Å². The van der Waals surface area contributed by atoms with E-state index in [0.29, 0.717) is 6.61 Å². The molecule has 0 bridgehead atoms. The summed E-state index contributed by atoms with van der Waals surface area (Å²) in [6.45, 7) is 8.92. The molecule has 0 aromatic heterocycles. The molecule has 12 heavy (non-hydrogen) atoms. The summed E-state index contributed by atoms with van der Waals surface area (Å²) in [5.74, 6) is 0.124. The molecular weight excluding hydrogens is 155 g/mol. The van der Waals surface area contributed by atoms with Crippen LogP contribution in [0.3, 0.4) is 0 Å². The zero-order chi connectivity index (χ0) is 9.41. The third-order valence-electron chi connectivity index (χ3n) is 2.71. The molecule has 0 aromatic rings. The van der Waals surface area contributed by atoms with Crippen LogP contribution in [-0.4, -0.2) is 18.9 Å². The molecule has 1 fully saturated rings. The molecule has 1 nitrogen and oxygen atoms in total. The standard InChI is InChI=1S/C10H19FO/c1-9(2,3)8-5-6-12-7-10(8,4)11/h8H,5-7H2,1-4H3. The first-order valence-electron chi connectivity index (χ1n) is 4.61. The Morgan fingerprint density at radius 1 is 1.42 bits per heavy atom. The second kappa shape index (κ2) is 2.99. The first-order valence-corrected chi connectivity index (χ1v) is 4.61. The van der Waals surface area contributed by atoms with Gasteiger partial charge in [0.2, 0.25) is 0 Å². The monoisotopic (exact) mass is 174 g/mol. The molecule has 1 heterocycles. The van der Waals surface area contributed by atoms with Gasteiger partial charge in [-0.1, -0.05) is 20.8 Å². The van der Waals surface area contributed by atoms with Crippen molar-refractivity contribution in [2.24, 2.45) is 11.3 Å². The van der Waals surface area contributed by atoms with Gasteiger partial charge in [0.15, 0.2) is 0 Å². The van der Waals surface area contributed by atoms with Crippen molar-refractivity contribution in [3.05, 3.63) is 0 Å². The van der Waals surface area contributed by atoms with E-state index in [4.69, 9.17) is 4.74 Å². The van der Waals surface area contributed by atoms with Crippen molar-refractivity contribution in [1.82, 2.24) is 0 Å². The van der Waals surface area contributed by atoms with E-state index < -0.39 is 5.67 Å². The number of alkyl halides is 1. The second-order valence-corrected chi connectivity index (χ2v) is 5.04. The summed E-state index contributed by atoms with van der Waals surface area (Å²) in [6.07, 6.45) is 0.844. The molecule has 0 N–H and O–H groups in total. The Morgan fingerprint density at radius 3 is 2.33 bits per heavy atom. The highest BCUT2D eigenvalue weighted by Gasteiger charge is 2.43. The van der Waals surface area contributed by atoms with Gasteiger partial charge in [-0.2, -0.15) is 0 Å². The van der Waals surface area contributed by atoms with Crippen LogP contribution in [0.5, 0.6) is 0 Å². The lowest BCUT2D eigenvalue weighted by Crippen LogP contribution is -2.46. The summed E-state index contributed by atoms with van der Waals surface area (Å²) in [5.41, 5.74) is -1.09. The summed E-state index contributed by atoms with van der Waals surface area (Å²) in [5, 5.41) is 0. The van der Waals surface area contributed by atoms with E-state index in [-0.39, 0.29) is 17.9 Å². The van der Waals surface area contributed by atoms with Crippen LogP contribution in [0.1, 0.15) is 34.1 Å². The summed E-state index contributed by atoms with van der Waals surface area (Å²) >= 11 is 0. The fraction of sp³-hybridized carbons (Fsp3) is 1.00. The summed E-state index contributed by atoms with van der Waals surface area (Å²) in [4.78, 5) is 0. The Kier molecular flexibility index (Phi) is 2.48. The van der Waals surface area contributed by atoms with Crippen LogP contribution in [0.15, 0.2) is 0 Å². The molecular formula is C10H19FO. The van der Waals surface area contributed by atoms with Gasteiger partial charge < -0.3 is 4.74 Å². The minimum absolute atomic E-state index is 0.0489. The molecule has 1 aliphatic heterocycles. The van der Waals surface area contributed by atoms with Gasteiger partial charge in [0.05, 0.1) is 6.61 Å². The summed E-state index contributed by atoms with van der Waals surface area (Å²) < 4.78 is 19.0. The lowest BCUT2D eigenvalue weighted by molar-refractivity contribution is -0.0967. The van der Waals surface area contributed by atoms with E-state index in [9.17, 15) is 4.39 Å². The fourth-order valence-corrected chi connectivity index (χ4v) is 2.21. The van der Waals surface area contributed by atoms with Gasteiger partial charge in [0.25, 0.3) is 0 Å². The van der Waals surface area contributed by atoms with Gasteiger partial charge in [-0.25, -0.2) is 4.39 Å². The van der Waals surface area contributed by atoms with E-state index in [0.717, 1.165) is 6.42 Å². The third kappa shape index (κ3) is 1.98. The average molecular weight is 174 g/mol. The summed E-state index contributed by atoms with van der Waals surface area (Å²) in [7, 11) is 0. The quantitative estimate of drug-likeness (QED) is 0.548. The predicted molar refractivity (Wildman–Crippen MR) is 47.9 cm³/mol. The van der Waals surface area contributed by atoms with Gasteiger partial charge in [-0.15, -0.1) is 0 Å². The normalized spacial score (nSPS) is 38.2. The smallest absolute Gasteiger partial charge is 0.134 e. The first-order chi connectivity index (χ1) is 5.34. The van der Waals surface area contributed by atoms with Crippen LogP contribution in [0.25, 0.3) is 0 Å². The van der Waals surface area contributed by atoms with Crippen LogP contribution in [0.2, 0.25) is 0 Å². The van der Waals surface area contributed by atoms with Crippen LogP contribution in [-0.2, 0) is 4.74 Å². The molecule has 1 saturated heterocycles. The molecule has 0 aromatic carbocycles. The molecule has 2 heteroatoms. The fourth-order valence-electron chi connectivity index (χ4n) is 2.21. The van der Waals surface area contributed by atoms with Crippen LogP contribution < -0.4 is 0 Å². The van der Waals surface area contributed by atoms with Crippen molar-refractivity contribution in [2.75, 3.05) is 13.2 Å². The lowest BCUT2D eigenvalue weighted by Gasteiger charge is -2.42. The predicted octanol–water partition coefficient (Wildman–Crippen LogP) is 2.80. The van der Waals surface area contributed by atoms with Crippen LogP contribution >= 0.6 is 0 Å². The Hall–Kier alpha value is -0.110. The number of hydrogen-bond acceptors (Lipinski definition) is 1. The van der Waals surface area contributed by atoms with E-state index in [1.807, 2.05) is 0 Å². The van der Waals surface area contributed by atoms with Gasteiger partial charge in [0.1, 0.15) is 5.67 Å². The maximum absolute atomic E-state index is 13.9. The minimum Gasteiger partial charge on any atom is -0.378 e. The van der Waals surface area contributed by atoms with Gasteiger partial charge in [-0.3, -0.25) is 0 Å². The molecule has 0 saturated carbocycles. The van der Waals surface area contributed by atoms with Crippen molar-refractivity contribution in [3.63, 3.8) is 0 Å². The van der Waals surface area contributed by atoms with Gasteiger partial charge in [0, 0.05) is 12.5 Å². The van der Waals surface area contributed by atoms with Crippen molar-refractivity contribution in [1.29, 1.82) is 0 Å². The molecule has 2 unspecified atom stereocenters. The molecule has 1 aliphatic rings. The highest BCUT2D eigenvalue weighted by atomic mass is 19.1. The Balaban J connectivity index is 2.73. The molecule has 2 atom stereocenters. The molecule has 1 rings (SSSR count). The Morgan fingerprint density at radius 2 is 2.00 bits per heavy atom. The van der Waals surface area contributed by atoms with Gasteiger partial charge >= 0.3 is 0 Å². The Bertz CT molecular complexity index is 158. The molecule has 0 spiro atoms. The maximum Gasteiger partial charge on any atom is 0.134 e. The van der Waals surface area contributed by atoms with Crippen molar-refractivity contribution in [3.8, 4) is 0 Å². The average Bonchev–Trinajstić information content (AvgIpc) is 1.83.